The Morgan fingerprint density at radius 3 is 2.76 bits per heavy atom. The molecule has 0 saturated carbocycles. The van der Waals surface area contributed by atoms with Gasteiger partial charge in [0.1, 0.15) is 11.5 Å². The number of hydrogen-bond acceptors (Lipinski definition) is 5. The number of thioether (sulfide) groups is 1. The highest BCUT2D eigenvalue weighted by Crippen LogP contribution is 2.38. The Morgan fingerprint density at radius 2 is 2.05 bits per heavy atom. The molecule has 5 heteroatoms. The number of hydrogen-bond donors (Lipinski definition) is 1. The van der Waals surface area contributed by atoms with E-state index in [2.05, 4.69) is 6.07 Å². The van der Waals surface area contributed by atoms with Crippen LogP contribution in [0.4, 0.5) is 0 Å². The van der Waals surface area contributed by atoms with E-state index >= 15 is 0 Å². The molecule has 1 unspecified atom stereocenters. The van der Waals surface area contributed by atoms with Crippen molar-refractivity contribution in [2.24, 2.45) is 5.73 Å². The van der Waals surface area contributed by atoms with Gasteiger partial charge in [0.25, 0.3) is 0 Å². The molecule has 0 spiro atoms. The van der Waals surface area contributed by atoms with Gasteiger partial charge in [-0.05, 0) is 35.9 Å². The number of rotatable bonds is 4. The van der Waals surface area contributed by atoms with E-state index in [1.54, 1.807) is 14.2 Å². The zero-order chi connectivity index (χ0) is 14.8. The summed E-state index contributed by atoms with van der Waals surface area (Å²) in [6.07, 6.45) is 1.16. The quantitative estimate of drug-likeness (QED) is 0.934. The van der Waals surface area contributed by atoms with Crippen LogP contribution in [-0.2, 0) is 12.2 Å². The number of nitrogens with two attached hydrogens (primary N) is 1. The van der Waals surface area contributed by atoms with Crippen LogP contribution in [0.1, 0.15) is 26.9 Å². The number of thiophene rings is 1. The zero-order valence-electron chi connectivity index (χ0n) is 12.2. The van der Waals surface area contributed by atoms with Crippen LogP contribution in [0.2, 0.25) is 0 Å². The molecule has 1 atom stereocenters. The van der Waals surface area contributed by atoms with E-state index in [9.17, 15) is 0 Å². The van der Waals surface area contributed by atoms with Crippen molar-refractivity contribution in [3.05, 3.63) is 45.1 Å². The van der Waals surface area contributed by atoms with Gasteiger partial charge in [-0.25, -0.2) is 0 Å². The Kier molecular flexibility index (Phi) is 4.42. The maximum absolute atomic E-state index is 6.48. The van der Waals surface area contributed by atoms with Crippen LogP contribution in [0, 0.1) is 0 Å². The highest BCUT2D eigenvalue weighted by molar-refractivity contribution is 7.98. The molecule has 0 bridgehead atoms. The summed E-state index contributed by atoms with van der Waals surface area (Å²) < 4.78 is 10.7. The summed E-state index contributed by atoms with van der Waals surface area (Å²) in [5.41, 5.74) is 8.94. The van der Waals surface area contributed by atoms with E-state index < -0.39 is 0 Å². The molecule has 0 saturated heterocycles. The fraction of sp³-hybridized carbons (Fsp3) is 0.375. The predicted molar refractivity (Wildman–Crippen MR) is 89.8 cm³/mol. The van der Waals surface area contributed by atoms with E-state index in [-0.39, 0.29) is 6.04 Å². The van der Waals surface area contributed by atoms with Gasteiger partial charge in [-0.2, -0.15) is 11.8 Å². The molecule has 0 aliphatic carbocycles. The number of methoxy groups -OCH3 is 2. The molecular formula is C16H19NO2S2. The van der Waals surface area contributed by atoms with Gasteiger partial charge in [0.05, 0.1) is 20.3 Å². The van der Waals surface area contributed by atoms with Crippen molar-refractivity contribution in [2.45, 2.75) is 18.2 Å². The first-order valence-corrected chi connectivity index (χ1v) is 8.86. The predicted octanol–water partition coefficient (Wildman–Crippen LogP) is 3.60. The largest absolute Gasteiger partial charge is 0.497 e. The molecule has 1 aliphatic heterocycles. The van der Waals surface area contributed by atoms with Gasteiger partial charge in [0, 0.05) is 27.1 Å². The first kappa shape index (κ1) is 14.8. The molecule has 21 heavy (non-hydrogen) atoms. The molecule has 0 fully saturated rings. The minimum Gasteiger partial charge on any atom is -0.497 e. The van der Waals surface area contributed by atoms with Crippen LogP contribution in [0.15, 0.2) is 24.3 Å². The van der Waals surface area contributed by atoms with Crippen molar-refractivity contribution in [2.75, 3.05) is 20.0 Å². The second-order valence-electron chi connectivity index (χ2n) is 4.99. The summed E-state index contributed by atoms with van der Waals surface area (Å²) in [6, 6.07) is 7.93. The van der Waals surface area contributed by atoms with Crippen LogP contribution >= 0.6 is 23.1 Å². The van der Waals surface area contributed by atoms with Crippen LogP contribution < -0.4 is 15.2 Å². The lowest BCUT2D eigenvalue weighted by atomic mass is 10.0. The topological polar surface area (TPSA) is 44.5 Å². The van der Waals surface area contributed by atoms with E-state index in [1.165, 1.54) is 21.1 Å². The normalized spacial score (nSPS) is 15.4. The van der Waals surface area contributed by atoms with Gasteiger partial charge in [-0.3, -0.25) is 0 Å². The molecule has 0 amide bonds. The van der Waals surface area contributed by atoms with Crippen molar-refractivity contribution in [3.8, 4) is 11.5 Å². The van der Waals surface area contributed by atoms with Gasteiger partial charge < -0.3 is 15.2 Å². The molecule has 0 radical (unpaired) electrons. The first-order valence-electron chi connectivity index (χ1n) is 6.89. The molecule has 2 N–H and O–H groups in total. The molecule has 1 aliphatic rings. The summed E-state index contributed by atoms with van der Waals surface area (Å²) >= 11 is 3.84. The van der Waals surface area contributed by atoms with E-state index in [0.29, 0.717) is 0 Å². The first-order chi connectivity index (χ1) is 10.2. The highest BCUT2D eigenvalue weighted by atomic mass is 32.2. The fourth-order valence-corrected chi connectivity index (χ4v) is 4.95. The van der Waals surface area contributed by atoms with Crippen LogP contribution in [0.3, 0.4) is 0 Å². The van der Waals surface area contributed by atoms with Crippen LogP contribution in [-0.4, -0.2) is 20.0 Å². The highest BCUT2D eigenvalue weighted by Gasteiger charge is 2.20. The third-order valence-electron chi connectivity index (χ3n) is 3.73. The second-order valence-corrected chi connectivity index (χ2v) is 7.26. The average Bonchev–Trinajstić information content (AvgIpc) is 2.97. The Morgan fingerprint density at radius 1 is 1.19 bits per heavy atom. The summed E-state index contributed by atoms with van der Waals surface area (Å²) in [4.78, 5) is 2.71. The van der Waals surface area contributed by atoms with Crippen LogP contribution in [0.25, 0.3) is 0 Å². The lowest BCUT2D eigenvalue weighted by Crippen LogP contribution is -2.11. The van der Waals surface area contributed by atoms with Crippen molar-refractivity contribution in [1.29, 1.82) is 0 Å². The van der Waals surface area contributed by atoms with Crippen molar-refractivity contribution >= 4 is 23.1 Å². The molecule has 3 nitrogen and oxygen atoms in total. The van der Waals surface area contributed by atoms with E-state index in [4.69, 9.17) is 15.2 Å². The monoisotopic (exact) mass is 321 g/mol. The Labute approximate surface area is 133 Å². The second kappa shape index (κ2) is 6.30. The summed E-state index contributed by atoms with van der Waals surface area (Å²) in [5, 5.41) is 0. The molecule has 2 heterocycles. The Hall–Kier alpha value is -1.17. The number of ether oxygens (including phenoxy) is 2. The SMILES string of the molecule is COc1ccc(C(N)c2cc3c(s2)CCSC3)c(OC)c1. The third kappa shape index (κ3) is 2.91. The minimum atomic E-state index is -0.147. The summed E-state index contributed by atoms with van der Waals surface area (Å²) in [6.45, 7) is 0. The smallest absolute Gasteiger partial charge is 0.127 e. The zero-order valence-corrected chi connectivity index (χ0v) is 13.9. The van der Waals surface area contributed by atoms with Gasteiger partial charge >= 0.3 is 0 Å². The maximum atomic E-state index is 6.48. The number of fused-ring (bicyclic) bond motifs is 1. The van der Waals surface area contributed by atoms with Crippen molar-refractivity contribution in [3.63, 3.8) is 0 Å². The Bertz CT molecular complexity index is 616. The van der Waals surface area contributed by atoms with Gasteiger partial charge in [-0.15, -0.1) is 11.3 Å². The third-order valence-corrected chi connectivity index (χ3v) is 6.06. The van der Waals surface area contributed by atoms with Crippen molar-refractivity contribution < 1.29 is 9.47 Å². The summed E-state index contributed by atoms with van der Waals surface area (Å²) in [7, 11) is 3.32. The molecule has 2 aromatic rings. The molecule has 112 valence electrons. The minimum absolute atomic E-state index is 0.147. The molecule has 1 aromatic carbocycles. The van der Waals surface area contributed by atoms with E-state index in [0.717, 1.165) is 29.2 Å². The van der Waals surface area contributed by atoms with Gasteiger partial charge in [0.2, 0.25) is 0 Å². The van der Waals surface area contributed by atoms with E-state index in [1.807, 2.05) is 41.3 Å². The fourth-order valence-electron chi connectivity index (χ4n) is 2.55. The number of aryl methyl sites for hydroxylation is 1. The maximum Gasteiger partial charge on any atom is 0.127 e. The average molecular weight is 321 g/mol. The number of benzene rings is 1. The van der Waals surface area contributed by atoms with Gasteiger partial charge in [0.15, 0.2) is 0 Å². The van der Waals surface area contributed by atoms with Gasteiger partial charge in [-0.1, -0.05) is 0 Å². The standard InChI is InChI=1S/C16H19NO2S2/c1-18-11-3-4-12(13(8-11)19-2)16(17)15-7-10-9-20-6-5-14(10)21-15/h3-4,7-8,16H,5-6,9,17H2,1-2H3. The summed E-state index contributed by atoms with van der Waals surface area (Å²) in [5.74, 6) is 3.89. The van der Waals surface area contributed by atoms with Crippen LogP contribution in [0.5, 0.6) is 11.5 Å². The molecule has 3 rings (SSSR count). The Balaban J connectivity index is 1.94. The molecular weight excluding hydrogens is 302 g/mol. The lowest BCUT2D eigenvalue weighted by Gasteiger charge is -2.15. The lowest BCUT2D eigenvalue weighted by molar-refractivity contribution is 0.390. The van der Waals surface area contributed by atoms with Crippen molar-refractivity contribution in [1.82, 2.24) is 0 Å². The molecule has 1 aromatic heterocycles.